The fraction of sp³-hybridized carbons (Fsp3) is 0.217. The molecule has 0 radical (unpaired) electrons. The van der Waals surface area contributed by atoms with E-state index in [0.717, 1.165) is 27.8 Å². The van der Waals surface area contributed by atoms with Crippen molar-refractivity contribution < 1.29 is 14.7 Å². The zero-order valence-corrected chi connectivity index (χ0v) is 17.9. The van der Waals surface area contributed by atoms with Gasteiger partial charge in [-0.3, -0.25) is 4.79 Å². The van der Waals surface area contributed by atoms with Crippen LogP contribution in [0.2, 0.25) is 0 Å². The number of aromatic nitrogens is 5. The number of benzene rings is 1. The van der Waals surface area contributed by atoms with E-state index in [9.17, 15) is 9.59 Å². The van der Waals surface area contributed by atoms with Gasteiger partial charge in [-0.1, -0.05) is 30.3 Å². The second kappa shape index (κ2) is 8.30. The first-order valence-electron chi connectivity index (χ1n) is 10.6. The van der Waals surface area contributed by atoms with Crippen LogP contribution in [0, 0.1) is 6.92 Å². The van der Waals surface area contributed by atoms with E-state index in [-0.39, 0.29) is 5.91 Å². The molecule has 166 valence electrons. The number of hydrogen-bond acceptors (Lipinski definition) is 6. The van der Waals surface area contributed by atoms with Crippen LogP contribution < -0.4 is 5.32 Å². The Labute approximate surface area is 188 Å². The molecule has 2 N–H and O–H groups in total. The highest BCUT2D eigenvalue weighted by atomic mass is 16.4. The lowest BCUT2D eigenvalue weighted by Gasteiger charge is -2.17. The molecule has 4 heterocycles. The third-order valence-corrected chi connectivity index (χ3v) is 5.66. The van der Waals surface area contributed by atoms with E-state index in [1.165, 1.54) is 0 Å². The molecule has 0 fully saturated rings. The summed E-state index contributed by atoms with van der Waals surface area (Å²) in [5.74, 6) is 0.846. The summed E-state index contributed by atoms with van der Waals surface area (Å²) >= 11 is 0. The average Bonchev–Trinajstić information content (AvgIpc) is 3.31. The Kier molecular flexibility index (Phi) is 5.17. The van der Waals surface area contributed by atoms with Crippen LogP contribution in [-0.2, 0) is 6.54 Å². The topological polar surface area (TPSA) is 126 Å². The van der Waals surface area contributed by atoms with Gasteiger partial charge in [0, 0.05) is 42.5 Å². The summed E-state index contributed by atoms with van der Waals surface area (Å²) < 4.78 is 1.91. The number of pyridine rings is 1. The highest BCUT2D eigenvalue weighted by Gasteiger charge is 2.34. The SMILES string of the molecule is Cc1nnc(-c2ccn3c4c(c(-c5ccccc5)c3c2)CN(CCCNC(=O)O)C4=O)nn1. The molecular formula is C23H21N7O3. The summed E-state index contributed by atoms with van der Waals surface area (Å²) in [4.78, 5) is 25.7. The summed E-state index contributed by atoms with van der Waals surface area (Å²) in [5, 5.41) is 27.4. The van der Waals surface area contributed by atoms with Crippen LogP contribution in [0.15, 0.2) is 48.7 Å². The van der Waals surface area contributed by atoms with E-state index < -0.39 is 6.09 Å². The van der Waals surface area contributed by atoms with Crippen molar-refractivity contribution >= 4 is 17.5 Å². The lowest BCUT2D eigenvalue weighted by molar-refractivity contribution is 0.0771. The second-order valence-electron chi connectivity index (χ2n) is 7.82. The van der Waals surface area contributed by atoms with Gasteiger partial charge >= 0.3 is 6.09 Å². The average molecular weight is 443 g/mol. The minimum Gasteiger partial charge on any atom is -0.465 e. The van der Waals surface area contributed by atoms with Crippen LogP contribution in [0.5, 0.6) is 0 Å². The van der Waals surface area contributed by atoms with Crippen molar-refractivity contribution in [2.45, 2.75) is 19.9 Å². The lowest BCUT2D eigenvalue weighted by Crippen LogP contribution is -2.30. The highest BCUT2D eigenvalue weighted by molar-refractivity contribution is 6.04. The van der Waals surface area contributed by atoms with E-state index in [4.69, 9.17) is 5.11 Å². The quantitative estimate of drug-likeness (QED) is 0.439. The summed E-state index contributed by atoms with van der Waals surface area (Å²) in [6.07, 6.45) is 1.33. The standard InChI is InChI=1S/C23H21N7O3/c1-14-25-27-21(28-26-14)16-8-11-30-18(12-16)19(15-6-3-2-4-7-15)17-13-29(22(31)20(17)30)10-5-9-24-23(32)33/h2-4,6-8,11-12,24H,5,9-10,13H2,1H3,(H,32,33). The molecule has 0 saturated carbocycles. The number of nitrogens with zero attached hydrogens (tertiary/aromatic N) is 6. The normalized spacial score (nSPS) is 12.9. The van der Waals surface area contributed by atoms with Crippen LogP contribution in [-0.4, -0.2) is 59.9 Å². The summed E-state index contributed by atoms with van der Waals surface area (Å²) in [6, 6.07) is 13.8. The zero-order chi connectivity index (χ0) is 22.9. The number of aryl methyl sites for hydroxylation is 1. The van der Waals surface area contributed by atoms with E-state index in [0.29, 0.717) is 43.4 Å². The number of rotatable bonds is 6. The van der Waals surface area contributed by atoms with E-state index in [1.807, 2.05) is 53.1 Å². The van der Waals surface area contributed by atoms with Gasteiger partial charge in [0.15, 0.2) is 5.82 Å². The molecule has 1 aliphatic rings. The minimum atomic E-state index is -1.06. The minimum absolute atomic E-state index is 0.0693. The fourth-order valence-corrected chi connectivity index (χ4v) is 4.21. The Morgan fingerprint density at radius 1 is 1.09 bits per heavy atom. The number of carbonyl (C=O) groups is 2. The van der Waals surface area contributed by atoms with E-state index >= 15 is 0 Å². The molecule has 0 saturated heterocycles. The third-order valence-electron chi connectivity index (χ3n) is 5.66. The van der Waals surface area contributed by atoms with Crippen molar-refractivity contribution in [3.05, 3.63) is 65.7 Å². The molecule has 2 amide bonds. The predicted octanol–water partition coefficient (Wildman–Crippen LogP) is 2.78. The Morgan fingerprint density at radius 3 is 2.58 bits per heavy atom. The van der Waals surface area contributed by atoms with Crippen LogP contribution in [0.25, 0.3) is 28.0 Å². The molecule has 0 bridgehead atoms. The van der Waals surface area contributed by atoms with E-state index in [1.54, 1.807) is 11.8 Å². The Hall–Kier alpha value is -4.34. The number of carboxylic acid groups (broad SMARTS) is 1. The van der Waals surface area contributed by atoms with Gasteiger partial charge < -0.3 is 19.7 Å². The van der Waals surface area contributed by atoms with Gasteiger partial charge in [0.05, 0.1) is 5.52 Å². The van der Waals surface area contributed by atoms with Crippen LogP contribution in [0.4, 0.5) is 4.79 Å². The molecule has 0 atom stereocenters. The van der Waals surface area contributed by atoms with Crippen molar-refractivity contribution in [2.75, 3.05) is 13.1 Å². The smallest absolute Gasteiger partial charge is 0.404 e. The second-order valence-corrected chi connectivity index (χ2v) is 7.82. The molecule has 1 aromatic carbocycles. The Morgan fingerprint density at radius 2 is 1.85 bits per heavy atom. The maximum atomic E-state index is 13.3. The summed E-state index contributed by atoms with van der Waals surface area (Å²) in [7, 11) is 0. The van der Waals surface area contributed by atoms with Crippen LogP contribution >= 0.6 is 0 Å². The Bertz CT molecular complexity index is 1350. The molecule has 33 heavy (non-hydrogen) atoms. The van der Waals surface area contributed by atoms with Crippen molar-refractivity contribution in [2.24, 2.45) is 0 Å². The molecule has 0 spiro atoms. The van der Waals surface area contributed by atoms with Gasteiger partial charge in [-0.25, -0.2) is 4.79 Å². The van der Waals surface area contributed by atoms with Gasteiger partial charge in [-0.05, 0) is 31.0 Å². The van der Waals surface area contributed by atoms with Gasteiger partial charge in [0.25, 0.3) is 5.91 Å². The monoisotopic (exact) mass is 443 g/mol. The molecule has 0 unspecified atom stereocenters. The molecule has 1 aliphatic heterocycles. The highest BCUT2D eigenvalue weighted by Crippen LogP contribution is 2.39. The van der Waals surface area contributed by atoms with Crippen molar-refractivity contribution in [1.82, 2.24) is 35.0 Å². The molecule has 5 rings (SSSR count). The number of hydrogen-bond donors (Lipinski definition) is 2. The molecule has 3 aromatic heterocycles. The number of nitrogens with one attached hydrogen (secondary N) is 1. The zero-order valence-electron chi connectivity index (χ0n) is 17.9. The van der Waals surface area contributed by atoms with E-state index in [2.05, 4.69) is 25.7 Å². The lowest BCUT2D eigenvalue weighted by atomic mass is 10.0. The summed E-state index contributed by atoms with van der Waals surface area (Å²) in [5.41, 5.74) is 5.23. The fourth-order valence-electron chi connectivity index (χ4n) is 4.21. The van der Waals surface area contributed by atoms with Crippen molar-refractivity contribution in [1.29, 1.82) is 0 Å². The largest absolute Gasteiger partial charge is 0.465 e. The first-order valence-corrected chi connectivity index (χ1v) is 10.6. The van der Waals surface area contributed by atoms with Gasteiger partial charge in [0.1, 0.15) is 5.69 Å². The molecule has 4 aromatic rings. The molecular weight excluding hydrogens is 422 g/mol. The Balaban J connectivity index is 1.57. The van der Waals surface area contributed by atoms with Gasteiger partial charge in [-0.2, -0.15) is 0 Å². The number of carbonyl (C=O) groups excluding carboxylic acids is 1. The van der Waals surface area contributed by atoms with Gasteiger partial charge in [-0.15, -0.1) is 20.4 Å². The summed E-state index contributed by atoms with van der Waals surface area (Å²) in [6.45, 7) is 2.96. The van der Waals surface area contributed by atoms with Crippen molar-refractivity contribution in [3.8, 4) is 22.5 Å². The number of amides is 2. The van der Waals surface area contributed by atoms with Crippen LogP contribution in [0.3, 0.4) is 0 Å². The maximum Gasteiger partial charge on any atom is 0.404 e. The molecule has 10 nitrogen and oxygen atoms in total. The molecule has 10 heteroatoms. The van der Waals surface area contributed by atoms with Crippen LogP contribution in [0.1, 0.15) is 28.3 Å². The number of fused-ring (bicyclic) bond motifs is 3. The molecule has 0 aliphatic carbocycles. The van der Waals surface area contributed by atoms with Crippen molar-refractivity contribution in [3.63, 3.8) is 0 Å². The first kappa shape index (κ1) is 20.6. The maximum absolute atomic E-state index is 13.3. The predicted molar refractivity (Wildman–Crippen MR) is 120 cm³/mol. The third kappa shape index (κ3) is 3.75. The first-order chi connectivity index (χ1) is 16.0. The van der Waals surface area contributed by atoms with Gasteiger partial charge in [0.2, 0.25) is 5.82 Å².